The second-order valence-corrected chi connectivity index (χ2v) is 6.79. The molecule has 0 spiro atoms. The summed E-state index contributed by atoms with van der Waals surface area (Å²) in [5, 5.41) is 0. The highest BCUT2D eigenvalue weighted by molar-refractivity contribution is 5.56. The molecule has 2 rings (SSSR count). The van der Waals surface area contributed by atoms with Crippen molar-refractivity contribution < 1.29 is 4.74 Å². The first-order valence-electron chi connectivity index (χ1n) is 9.00. The molecular weight excluding hydrogens is 294 g/mol. The number of aryl methyl sites for hydroxylation is 2. The van der Waals surface area contributed by atoms with E-state index in [0.29, 0.717) is 5.69 Å². The van der Waals surface area contributed by atoms with Gasteiger partial charge in [-0.15, -0.1) is 0 Å². The number of hydrogen-bond donors (Lipinski definition) is 1. The van der Waals surface area contributed by atoms with E-state index in [9.17, 15) is 0 Å². The lowest BCUT2D eigenvalue weighted by Gasteiger charge is -2.35. The molecule has 0 fully saturated rings. The number of hydrogen-bond acceptors (Lipinski definition) is 2. The maximum absolute atomic E-state index is 6.04. The summed E-state index contributed by atoms with van der Waals surface area (Å²) >= 11 is 0. The van der Waals surface area contributed by atoms with Crippen molar-refractivity contribution in [2.75, 3.05) is 12.8 Å². The fourth-order valence-corrected chi connectivity index (χ4v) is 3.57. The zero-order valence-corrected chi connectivity index (χ0v) is 15.8. The average molecular weight is 325 g/mol. The van der Waals surface area contributed by atoms with Gasteiger partial charge in [-0.25, -0.2) is 0 Å². The van der Waals surface area contributed by atoms with Crippen LogP contribution in [0.2, 0.25) is 0 Å². The van der Waals surface area contributed by atoms with Crippen LogP contribution in [-0.2, 0) is 5.41 Å². The maximum atomic E-state index is 6.04. The van der Waals surface area contributed by atoms with E-state index >= 15 is 0 Å². The molecule has 0 amide bonds. The zero-order chi connectivity index (χ0) is 17.7. The van der Waals surface area contributed by atoms with Crippen LogP contribution in [0.3, 0.4) is 0 Å². The Kier molecular flexibility index (Phi) is 5.93. The van der Waals surface area contributed by atoms with Crippen molar-refractivity contribution in [3.05, 3.63) is 58.7 Å². The fourth-order valence-electron chi connectivity index (χ4n) is 3.57. The summed E-state index contributed by atoms with van der Waals surface area (Å²) in [6.07, 6.45) is 4.59. The van der Waals surface area contributed by atoms with E-state index in [-0.39, 0.29) is 5.41 Å². The van der Waals surface area contributed by atoms with E-state index in [4.69, 9.17) is 10.5 Å². The van der Waals surface area contributed by atoms with Gasteiger partial charge in [0.05, 0.1) is 12.8 Å². The Morgan fingerprint density at radius 1 is 0.958 bits per heavy atom. The lowest BCUT2D eigenvalue weighted by Crippen LogP contribution is -2.27. The van der Waals surface area contributed by atoms with Crippen LogP contribution in [0.4, 0.5) is 5.69 Å². The average Bonchev–Trinajstić information content (AvgIpc) is 2.59. The molecule has 0 aliphatic rings. The Labute approximate surface area is 147 Å². The van der Waals surface area contributed by atoms with Crippen molar-refractivity contribution >= 4 is 5.69 Å². The molecule has 2 nitrogen and oxygen atoms in total. The van der Waals surface area contributed by atoms with Gasteiger partial charge in [0.2, 0.25) is 0 Å². The molecule has 2 N–H and O–H groups in total. The molecule has 24 heavy (non-hydrogen) atoms. The molecule has 1 unspecified atom stereocenters. The SMILES string of the molecule is CCCCC(CC)(c1ccc(C)c(C)c1)c1ccc(N)c(OC)c1. The Bertz CT molecular complexity index is 692. The summed E-state index contributed by atoms with van der Waals surface area (Å²) in [4.78, 5) is 0. The van der Waals surface area contributed by atoms with Crippen LogP contribution in [0.15, 0.2) is 36.4 Å². The highest BCUT2D eigenvalue weighted by atomic mass is 16.5. The normalized spacial score (nSPS) is 13.5. The molecule has 2 aromatic rings. The van der Waals surface area contributed by atoms with Gasteiger partial charge in [-0.05, 0) is 61.1 Å². The van der Waals surface area contributed by atoms with Crippen molar-refractivity contribution in [2.24, 2.45) is 0 Å². The molecule has 0 heterocycles. The standard InChI is InChI=1S/C22H31NO/c1-6-8-13-22(7-2,18-10-9-16(3)17(4)14-18)19-11-12-20(23)21(15-19)24-5/h9-12,14-15H,6-8,13,23H2,1-5H3. The van der Waals surface area contributed by atoms with E-state index in [1.165, 1.54) is 35.1 Å². The van der Waals surface area contributed by atoms with Gasteiger partial charge in [0.15, 0.2) is 0 Å². The molecule has 0 aromatic heterocycles. The van der Waals surface area contributed by atoms with Crippen molar-refractivity contribution in [3.8, 4) is 5.75 Å². The Balaban J connectivity index is 2.63. The largest absolute Gasteiger partial charge is 0.495 e. The van der Waals surface area contributed by atoms with Crippen LogP contribution in [0.5, 0.6) is 5.75 Å². The maximum Gasteiger partial charge on any atom is 0.142 e. The molecule has 2 aromatic carbocycles. The van der Waals surface area contributed by atoms with Crippen LogP contribution in [0.1, 0.15) is 61.8 Å². The third-order valence-corrected chi connectivity index (χ3v) is 5.41. The minimum absolute atomic E-state index is 0.00937. The molecule has 0 saturated heterocycles. The molecule has 1 atom stereocenters. The van der Waals surface area contributed by atoms with Gasteiger partial charge in [0.1, 0.15) is 5.75 Å². The predicted molar refractivity (Wildman–Crippen MR) is 104 cm³/mol. The van der Waals surface area contributed by atoms with Crippen LogP contribution < -0.4 is 10.5 Å². The van der Waals surface area contributed by atoms with Crippen molar-refractivity contribution in [3.63, 3.8) is 0 Å². The molecule has 0 bridgehead atoms. The molecule has 0 radical (unpaired) electrons. The fraction of sp³-hybridized carbons (Fsp3) is 0.455. The van der Waals surface area contributed by atoms with Gasteiger partial charge >= 0.3 is 0 Å². The number of rotatable bonds is 7. The van der Waals surface area contributed by atoms with Crippen molar-refractivity contribution in [1.82, 2.24) is 0 Å². The first-order valence-corrected chi connectivity index (χ1v) is 9.00. The first-order chi connectivity index (χ1) is 11.5. The number of nitrogen functional groups attached to an aromatic ring is 1. The number of methoxy groups -OCH3 is 1. The monoisotopic (exact) mass is 325 g/mol. The smallest absolute Gasteiger partial charge is 0.142 e. The van der Waals surface area contributed by atoms with Crippen LogP contribution in [0, 0.1) is 13.8 Å². The number of nitrogens with two attached hydrogens (primary N) is 1. The van der Waals surface area contributed by atoms with E-state index in [2.05, 4.69) is 58.0 Å². The molecular formula is C22H31NO. The van der Waals surface area contributed by atoms with Crippen molar-refractivity contribution in [1.29, 1.82) is 0 Å². The van der Waals surface area contributed by atoms with Gasteiger partial charge < -0.3 is 10.5 Å². The van der Waals surface area contributed by atoms with E-state index in [1.54, 1.807) is 7.11 Å². The second kappa shape index (κ2) is 7.74. The predicted octanol–water partition coefficient (Wildman–Crippen LogP) is 5.78. The highest BCUT2D eigenvalue weighted by Gasteiger charge is 2.32. The Hall–Kier alpha value is -1.96. The van der Waals surface area contributed by atoms with Gasteiger partial charge in [-0.2, -0.15) is 0 Å². The summed E-state index contributed by atoms with van der Waals surface area (Å²) in [5.74, 6) is 0.769. The summed E-state index contributed by atoms with van der Waals surface area (Å²) in [7, 11) is 1.69. The molecule has 2 heteroatoms. The first kappa shape index (κ1) is 18.4. The summed E-state index contributed by atoms with van der Waals surface area (Å²) < 4.78 is 5.48. The number of benzene rings is 2. The van der Waals surface area contributed by atoms with E-state index in [0.717, 1.165) is 18.6 Å². The molecule has 0 aliphatic heterocycles. The Morgan fingerprint density at radius 3 is 2.21 bits per heavy atom. The van der Waals surface area contributed by atoms with E-state index in [1.807, 2.05) is 6.07 Å². The lowest BCUT2D eigenvalue weighted by molar-refractivity contribution is 0.408. The third kappa shape index (κ3) is 3.43. The van der Waals surface area contributed by atoms with E-state index < -0.39 is 0 Å². The molecule has 130 valence electrons. The Morgan fingerprint density at radius 2 is 1.62 bits per heavy atom. The van der Waals surface area contributed by atoms with Crippen LogP contribution in [0.25, 0.3) is 0 Å². The number of anilines is 1. The number of unbranched alkanes of at least 4 members (excludes halogenated alkanes) is 1. The van der Waals surface area contributed by atoms with Crippen molar-refractivity contribution in [2.45, 2.75) is 58.8 Å². The minimum atomic E-state index is 0.00937. The summed E-state index contributed by atoms with van der Waals surface area (Å²) in [5.41, 5.74) is 12.1. The van der Waals surface area contributed by atoms with Gasteiger partial charge in [-0.3, -0.25) is 0 Å². The van der Waals surface area contributed by atoms with Gasteiger partial charge in [0.25, 0.3) is 0 Å². The summed E-state index contributed by atoms with van der Waals surface area (Å²) in [6.45, 7) is 8.91. The van der Waals surface area contributed by atoms with Crippen LogP contribution in [-0.4, -0.2) is 7.11 Å². The molecule has 0 saturated carbocycles. The highest BCUT2D eigenvalue weighted by Crippen LogP contribution is 2.42. The van der Waals surface area contributed by atoms with Crippen LogP contribution >= 0.6 is 0 Å². The van der Waals surface area contributed by atoms with Gasteiger partial charge in [0, 0.05) is 5.41 Å². The minimum Gasteiger partial charge on any atom is -0.495 e. The topological polar surface area (TPSA) is 35.2 Å². The zero-order valence-electron chi connectivity index (χ0n) is 15.8. The summed E-state index contributed by atoms with van der Waals surface area (Å²) in [6, 6.07) is 13.2. The molecule has 0 aliphatic carbocycles. The van der Waals surface area contributed by atoms with Gasteiger partial charge in [-0.1, -0.05) is 51.0 Å². The lowest BCUT2D eigenvalue weighted by atomic mass is 9.68. The second-order valence-electron chi connectivity index (χ2n) is 6.79. The quantitative estimate of drug-likeness (QED) is 0.655. The third-order valence-electron chi connectivity index (χ3n) is 5.41. The number of ether oxygens (including phenoxy) is 1.